The van der Waals surface area contributed by atoms with E-state index in [9.17, 15) is 0 Å². The largest absolute Gasteiger partial charge is 0.487 e. The van der Waals surface area contributed by atoms with Crippen LogP contribution in [0.5, 0.6) is 5.75 Å². The van der Waals surface area contributed by atoms with Crippen molar-refractivity contribution < 1.29 is 4.74 Å². The quantitative estimate of drug-likeness (QED) is 0.859. The zero-order chi connectivity index (χ0) is 13.0. The lowest BCUT2D eigenvalue weighted by molar-refractivity contribution is 0.306. The van der Waals surface area contributed by atoms with E-state index in [1.165, 1.54) is 0 Å². The van der Waals surface area contributed by atoms with Gasteiger partial charge in [-0.15, -0.1) is 0 Å². The van der Waals surface area contributed by atoms with Gasteiger partial charge in [0, 0.05) is 5.69 Å². The first-order valence-corrected chi connectivity index (χ1v) is 5.73. The highest BCUT2D eigenvalue weighted by Crippen LogP contribution is 2.27. The highest BCUT2D eigenvalue weighted by molar-refractivity contribution is 6.32. The fourth-order valence-corrected chi connectivity index (χ4v) is 1.71. The molecule has 0 spiro atoms. The number of nitrogens with two attached hydrogens (primary N) is 1. The van der Waals surface area contributed by atoms with Crippen LogP contribution in [0.25, 0.3) is 0 Å². The van der Waals surface area contributed by atoms with Crippen molar-refractivity contribution in [1.29, 1.82) is 5.26 Å². The third-order valence-electron chi connectivity index (χ3n) is 2.43. The second-order valence-electron chi connectivity index (χ2n) is 3.79. The van der Waals surface area contributed by atoms with Gasteiger partial charge in [-0.1, -0.05) is 23.7 Å². The van der Waals surface area contributed by atoms with Crippen LogP contribution in [0.1, 0.15) is 11.1 Å². The molecule has 0 fully saturated rings. The van der Waals surface area contributed by atoms with E-state index in [-0.39, 0.29) is 0 Å². The van der Waals surface area contributed by atoms with Crippen LogP contribution in [0.4, 0.5) is 5.69 Å². The van der Waals surface area contributed by atoms with Crippen LogP contribution >= 0.6 is 11.6 Å². The molecule has 2 N–H and O–H groups in total. The third-order valence-corrected chi connectivity index (χ3v) is 2.73. The van der Waals surface area contributed by atoms with E-state index < -0.39 is 0 Å². The van der Waals surface area contributed by atoms with Crippen LogP contribution in [0, 0.1) is 11.3 Å². The van der Waals surface area contributed by atoms with Gasteiger partial charge in [-0.25, -0.2) is 0 Å². The van der Waals surface area contributed by atoms with E-state index in [1.54, 1.807) is 30.3 Å². The van der Waals surface area contributed by atoms with Gasteiger partial charge in [0.2, 0.25) is 0 Å². The molecule has 2 rings (SSSR count). The van der Waals surface area contributed by atoms with Gasteiger partial charge in [0.25, 0.3) is 0 Å². The molecule has 0 saturated carbocycles. The minimum Gasteiger partial charge on any atom is -0.487 e. The number of ether oxygens (including phenoxy) is 1. The summed E-state index contributed by atoms with van der Waals surface area (Å²) in [6, 6.07) is 14.4. The monoisotopic (exact) mass is 258 g/mol. The maximum absolute atomic E-state index is 8.69. The molecule has 2 aromatic carbocycles. The normalized spacial score (nSPS) is 9.78. The summed E-state index contributed by atoms with van der Waals surface area (Å²) in [5, 5.41) is 9.18. The topological polar surface area (TPSA) is 59.0 Å². The summed E-state index contributed by atoms with van der Waals surface area (Å²) >= 11 is 6.00. The van der Waals surface area contributed by atoms with E-state index in [0.717, 1.165) is 5.56 Å². The number of hydrogen-bond acceptors (Lipinski definition) is 3. The minimum absolute atomic E-state index is 0.398. The summed E-state index contributed by atoms with van der Waals surface area (Å²) in [5.74, 6) is 0.593. The summed E-state index contributed by atoms with van der Waals surface area (Å²) in [4.78, 5) is 0. The van der Waals surface area contributed by atoms with Crippen LogP contribution in [-0.2, 0) is 6.61 Å². The van der Waals surface area contributed by atoms with Crippen molar-refractivity contribution in [3.05, 3.63) is 58.6 Å². The highest BCUT2D eigenvalue weighted by atomic mass is 35.5. The van der Waals surface area contributed by atoms with Crippen molar-refractivity contribution in [2.24, 2.45) is 0 Å². The fraction of sp³-hybridized carbons (Fsp3) is 0.0714. The summed E-state index contributed by atoms with van der Waals surface area (Å²) in [5.41, 5.74) is 7.80. The summed E-state index contributed by atoms with van der Waals surface area (Å²) in [6.07, 6.45) is 0. The molecular formula is C14H11ClN2O. The van der Waals surface area contributed by atoms with Crippen molar-refractivity contribution in [3.63, 3.8) is 0 Å². The molecule has 3 nitrogen and oxygen atoms in total. The maximum Gasteiger partial charge on any atom is 0.138 e. The molecule has 90 valence electrons. The lowest BCUT2D eigenvalue weighted by atomic mass is 10.2. The zero-order valence-corrected chi connectivity index (χ0v) is 10.3. The molecule has 4 heteroatoms. The average Bonchev–Trinajstić information content (AvgIpc) is 2.38. The van der Waals surface area contributed by atoms with Crippen LogP contribution in [-0.4, -0.2) is 0 Å². The van der Waals surface area contributed by atoms with Gasteiger partial charge in [0.1, 0.15) is 12.4 Å². The van der Waals surface area contributed by atoms with Crippen molar-refractivity contribution in [2.45, 2.75) is 6.61 Å². The molecule has 0 saturated heterocycles. The number of rotatable bonds is 3. The molecule has 0 unspecified atom stereocenters. The molecule has 0 aliphatic rings. The number of nitrogen functional groups attached to an aromatic ring is 1. The van der Waals surface area contributed by atoms with Crippen molar-refractivity contribution in [1.82, 2.24) is 0 Å². The Labute approximate surface area is 110 Å². The van der Waals surface area contributed by atoms with Crippen LogP contribution in [0.2, 0.25) is 5.02 Å². The summed E-state index contributed by atoms with van der Waals surface area (Å²) < 4.78 is 5.58. The molecule has 2 aromatic rings. The second kappa shape index (κ2) is 5.44. The number of hydrogen-bond donors (Lipinski definition) is 1. The van der Waals surface area contributed by atoms with Crippen molar-refractivity contribution in [3.8, 4) is 11.8 Å². The Bertz CT molecular complexity index is 588. The Morgan fingerprint density at radius 1 is 1.17 bits per heavy atom. The molecule has 0 heterocycles. The van der Waals surface area contributed by atoms with Crippen LogP contribution in [0.3, 0.4) is 0 Å². The van der Waals surface area contributed by atoms with Gasteiger partial charge in [0.15, 0.2) is 0 Å². The van der Waals surface area contributed by atoms with Crippen molar-refractivity contribution in [2.75, 3.05) is 5.73 Å². The lowest BCUT2D eigenvalue weighted by Crippen LogP contribution is -1.96. The standard InChI is InChI=1S/C14H11ClN2O/c15-13-7-12(17)5-6-14(13)18-9-11-3-1-10(8-16)2-4-11/h1-7H,9,17H2. The number of anilines is 1. The fourth-order valence-electron chi connectivity index (χ4n) is 1.47. The SMILES string of the molecule is N#Cc1ccc(COc2ccc(N)cc2Cl)cc1. The highest BCUT2D eigenvalue weighted by Gasteiger charge is 2.02. The predicted molar refractivity (Wildman–Crippen MR) is 71.4 cm³/mol. The maximum atomic E-state index is 8.69. The van der Waals surface area contributed by atoms with E-state index in [0.29, 0.717) is 28.6 Å². The van der Waals surface area contributed by atoms with Crippen LogP contribution < -0.4 is 10.5 Å². The first-order valence-electron chi connectivity index (χ1n) is 5.36. The predicted octanol–water partition coefficient (Wildman–Crippen LogP) is 3.37. The first kappa shape index (κ1) is 12.3. The Hall–Kier alpha value is -2.18. The van der Waals surface area contributed by atoms with E-state index in [4.69, 9.17) is 27.3 Å². The van der Waals surface area contributed by atoms with Gasteiger partial charge in [-0.2, -0.15) is 5.26 Å². The Morgan fingerprint density at radius 2 is 1.89 bits per heavy atom. The van der Waals surface area contributed by atoms with Gasteiger partial charge in [0.05, 0.1) is 16.7 Å². The molecule has 18 heavy (non-hydrogen) atoms. The average molecular weight is 259 g/mol. The molecule has 0 bridgehead atoms. The molecule has 0 aliphatic carbocycles. The Kier molecular flexibility index (Phi) is 3.71. The first-order chi connectivity index (χ1) is 8.69. The summed E-state index contributed by atoms with van der Waals surface area (Å²) in [6.45, 7) is 0.398. The minimum atomic E-state index is 0.398. The zero-order valence-electron chi connectivity index (χ0n) is 9.56. The summed E-state index contributed by atoms with van der Waals surface area (Å²) in [7, 11) is 0. The lowest BCUT2D eigenvalue weighted by Gasteiger charge is -2.08. The van der Waals surface area contributed by atoms with Crippen molar-refractivity contribution >= 4 is 17.3 Å². The number of halogens is 1. The van der Waals surface area contributed by atoms with Crippen LogP contribution in [0.15, 0.2) is 42.5 Å². The van der Waals surface area contributed by atoms with Gasteiger partial charge < -0.3 is 10.5 Å². The van der Waals surface area contributed by atoms with Gasteiger partial charge in [-0.05, 0) is 35.9 Å². The third kappa shape index (κ3) is 2.93. The molecule has 0 radical (unpaired) electrons. The Morgan fingerprint density at radius 3 is 2.50 bits per heavy atom. The molecular weight excluding hydrogens is 248 g/mol. The van der Waals surface area contributed by atoms with E-state index >= 15 is 0 Å². The molecule has 0 aromatic heterocycles. The molecule has 0 atom stereocenters. The number of nitriles is 1. The number of nitrogens with zero attached hydrogens (tertiary/aromatic N) is 1. The Balaban J connectivity index is 2.04. The van der Waals surface area contributed by atoms with E-state index in [1.807, 2.05) is 12.1 Å². The molecule has 0 amide bonds. The van der Waals surface area contributed by atoms with E-state index in [2.05, 4.69) is 6.07 Å². The molecule has 0 aliphatic heterocycles. The second-order valence-corrected chi connectivity index (χ2v) is 4.19. The smallest absolute Gasteiger partial charge is 0.138 e. The number of benzene rings is 2. The van der Waals surface area contributed by atoms with Gasteiger partial charge in [-0.3, -0.25) is 0 Å². The van der Waals surface area contributed by atoms with Gasteiger partial charge >= 0.3 is 0 Å².